The van der Waals surface area contributed by atoms with Crippen molar-refractivity contribution in [3.05, 3.63) is 70.8 Å². The summed E-state index contributed by atoms with van der Waals surface area (Å²) in [7, 11) is 0. The van der Waals surface area contributed by atoms with Crippen LogP contribution in [0.15, 0.2) is 48.5 Å². The minimum Gasteiger partial charge on any atom is -0.478 e. The van der Waals surface area contributed by atoms with E-state index in [4.69, 9.17) is 5.11 Å². The summed E-state index contributed by atoms with van der Waals surface area (Å²) in [5.74, 6) is -1.44. The van der Waals surface area contributed by atoms with Crippen molar-refractivity contribution in [2.75, 3.05) is 19.6 Å². The number of aromatic carboxylic acids is 1. The van der Waals surface area contributed by atoms with Crippen molar-refractivity contribution in [3.63, 3.8) is 0 Å². The molecule has 44 heavy (non-hydrogen) atoms. The molecule has 1 saturated carbocycles. The van der Waals surface area contributed by atoms with E-state index in [-0.39, 0.29) is 41.5 Å². The number of hydrogen-bond donors (Lipinski definition) is 3. The topological polar surface area (TPSA) is 127 Å². The van der Waals surface area contributed by atoms with Crippen LogP contribution in [0.2, 0.25) is 0 Å². The summed E-state index contributed by atoms with van der Waals surface area (Å²) in [4.78, 5) is 55.6. The third-order valence-corrected chi connectivity index (χ3v) is 9.67. The number of carboxylic acid groups (broad SMARTS) is 1. The van der Waals surface area contributed by atoms with Gasteiger partial charge in [0.05, 0.1) is 11.7 Å². The highest BCUT2D eigenvalue weighted by Gasteiger charge is 2.55. The Morgan fingerprint density at radius 1 is 0.932 bits per heavy atom. The number of rotatable bonds is 10. The van der Waals surface area contributed by atoms with Crippen molar-refractivity contribution in [2.45, 2.75) is 88.9 Å². The van der Waals surface area contributed by atoms with Gasteiger partial charge in [0.1, 0.15) is 11.6 Å². The van der Waals surface area contributed by atoms with Gasteiger partial charge in [-0.1, -0.05) is 69.0 Å². The molecule has 2 heterocycles. The summed E-state index contributed by atoms with van der Waals surface area (Å²) in [6, 6.07) is 12.4. The molecule has 238 valence electrons. The van der Waals surface area contributed by atoms with Gasteiger partial charge in [-0.15, -0.1) is 12.4 Å². The Morgan fingerprint density at radius 3 is 2.07 bits per heavy atom. The van der Waals surface area contributed by atoms with E-state index in [2.05, 4.69) is 17.1 Å². The Morgan fingerprint density at radius 2 is 1.50 bits per heavy atom. The summed E-state index contributed by atoms with van der Waals surface area (Å²) in [5, 5.41) is 23.2. The van der Waals surface area contributed by atoms with Crippen LogP contribution in [-0.4, -0.2) is 80.9 Å². The molecule has 10 heteroatoms. The van der Waals surface area contributed by atoms with Crippen molar-refractivity contribution >= 4 is 36.0 Å². The molecule has 1 aliphatic carbocycles. The van der Waals surface area contributed by atoms with Gasteiger partial charge >= 0.3 is 5.97 Å². The van der Waals surface area contributed by atoms with E-state index in [0.29, 0.717) is 50.1 Å². The second-order valence-electron chi connectivity index (χ2n) is 12.4. The zero-order valence-corrected chi connectivity index (χ0v) is 26.2. The number of halogens is 1. The predicted molar refractivity (Wildman–Crippen MR) is 169 cm³/mol. The molecule has 3 aliphatic rings. The molecule has 0 aromatic heterocycles. The molecule has 0 radical (unpaired) electrons. The van der Waals surface area contributed by atoms with Gasteiger partial charge < -0.3 is 20.4 Å². The first kappa shape index (κ1) is 33.6. The first-order valence-corrected chi connectivity index (χ1v) is 15.7. The quantitative estimate of drug-likeness (QED) is 0.333. The van der Waals surface area contributed by atoms with Crippen LogP contribution in [0.3, 0.4) is 0 Å². The van der Waals surface area contributed by atoms with E-state index in [1.165, 1.54) is 24.3 Å². The molecular formula is C34H44ClN3O6. The fourth-order valence-electron chi connectivity index (χ4n) is 6.99. The molecule has 2 aromatic rings. The maximum atomic E-state index is 13.8. The fourth-order valence-corrected chi connectivity index (χ4v) is 6.99. The normalized spacial score (nSPS) is 21.4. The lowest BCUT2D eigenvalue weighted by Crippen LogP contribution is -2.75. The highest BCUT2D eigenvalue weighted by atomic mass is 35.5. The van der Waals surface area contributed by atoms with E-state index in [0.717, 1.165) is 50.5 Å². The van der Waals surface area contributed by atoms with Crippen LogP contribution in [0.5, 0.6) is 0 Å². The number of nitrogens with zero attached hydrogens (tertiary/aromatic N) is 2. The molecule has 2 saturated heterocycles. The van der Waals surface area contributed by atoms with E-state index in [9.17, 15) is 24.3 Å². The first-order valence-electron chi connectivity index (χ1n) is 15.7. The van der Waals surface area contributed by atoms with Crippen LogP contribution < -0.4 is 5.32 Å². The number of nitrogens with one attached hydrogen (secondary N) is 1. The fraction of sp³-hybridized carbons (Fsp3) is 0.529. The van der Waals surface area contributed by atoms with Gasteiger partial charge in [-0.2, -0.15) is 0 Å². The third kappa shape index (κ3) is 7.00. The minimum atomic E-state index is -1.03. The second kappa shape index (κ2) is 14.7. The van der Waals surface area contributed by atoms with E-state index in [1.807, 2.05) is 12.1 Å². The second-order valence-corrected chi connectivity index (χ2v) is 12.4. The van der Waals surface area contributed by atoms with Crippen molar-refractivity contribution in [1.29, 1.82) is 0 Å². The highest BCUT2D eigenvalue weighted by molar-refractivity contribution is 6.09. The van der Waals surface area contributed by atoms with E-state index in [1.54, 1.807) is 17.0 Å². The summed E-state index contributed by atoms with van der Waals surface area (Å²) < 4.78 is 0. The molecule has 3 N–H and O–H groups in total. The van der Waals surface area contributed by atoms with Crippen molar-refractivity contribution in [1.82, 2.24) is 15.1 Å². The van der Waals surface area contributed by atoms with Crippen LogP contribution in [0.25, 0.3) is 0 Å². The van der Waals surface area contributed by atoms with Crippen molar-refractivity contribution < 1.29 is 29.4 Å². The highest BCUT2D eigenvalue weighted by Crippen LogP contribution is 2.36. The molecule has 0 bridgehead atoms. The number of likely N-dealkylation sites (tertiary alicyclic amines) is 1. The third-order valence-electron chi connectivity index (χ3n) is 9.67. The van der Waals surface area contributed by atoms with Gasteiger partial charge in [-0.25, -0.2) is 4.79 Å². The van der Waals surface area contributed by atoms with Crippen LogP contribution in [-0.2, 0) is 16.1 Å². The number of carboxylic acids is 1. The lowest BCUT2D eigenvalue weighted by molar-refractivity contribution is -0.166. The monoisotopic (exact) mass is 625 g/mol. The van der Waals surface area contributed by atoms with Crippen LogP contribution in [0, 0.1) is 5.92 Å². The number of piperidine rings is 1. The molecule has 3 fully saturated rings. The van der Waals surface area contributed by atoms with Gasteiger partial charge in [-0.3, -0.25) is 19.3 Å². The standard InChI is InChI=1S/C34H43N3O6.ClH/c1-2-3-19-37-31(40)28(30(39)24-7-5-4-6-8-24)35-33(43)34(37)17-20-36(21-18-34)22-23-9-11-25(12-10-23)29(38)26-13-15-27(16-14-26)32(41)42;/h9-16,24,28,30,39H,2-8,17-22H2,1H3,(H,35,43)(H,41,42);1H/t28-,30-;/m1./s1. The van der Waals surface area contributed by atoms with Crippen LogP contribution in [0.4, 0.5) is 0 Å². The number of benzene rings is 2. The number of carbonyl (C=O) groups excluding carboxylic acids is 3. The maximum absolute atomic E-state index is 13.8. The van der Waals surface area contributed by atoms with Gasteiger partial charge in [0.15, 0.2) is 5.78 Å². The zero-order chi connectivity index (χ0) is 30.6. The number of aliphatic hydroxyl groups is 1. The zero-order valence-electron chi connectivity index (χ0n) is 25.4. The number of aliphatic hydroxyl groups excluding tert-OH is 1. The number of unbranched alkanes of at least 4 members (excludes halogenated alkanes) is 1. The molecule has 2 aliphatic heterocycles. The Kier molecular flexibility index (Phi) is 11.2. The molecule has 5 rings (SSSR count). The smallest absolute Gasteiger partial charge is 0.335 e. The molecule has 2 atom stereocenters. The lowest BCUT2D eigenvalue weighted by Gasteiger charge is -2.52. The van der Waals surface area contributed by atoms with Gasteiger partial charge in [0.25, 0.3) is 0 Å². The Hall–Kier alpha value is -3.27. The number of carbonyl (C=O) groups is 4. The molecular weight excluding hydrogens is 582 g/mol. The van der Waals surface area contributed by atoms with Gasteiger partial charge in [0.2, 0.25) is 11.8 Å². The lowest BCUT2D eigenvalue weighted by atomic mass is 9.78. The average Bonchev–Trinajstić information content (AvgIpc) is 3.04. The minimum absolute atomic E-state index is 0. The molecule has 2 amide bonds. The predicted octanol–water partition coefficient (Wildman–Crippen LogP) is 4.44. The van der Waals surface area contributed by atoms with Crippen LogP contribution >= 0.6 is 12.4 Å². The van der Waals surface area contributed by atoms with E-state index < -0.39 is 23.7 Å². The summed E-state index contributed by atoms with van der Waals surface area (Å²) >= 11 is 0. The SMILES string of the molecule is CCCCN1C(=O)[C@@H]([C@H](O)C2CCCCC2)NC(=O)C12CCN(Cc1ccc(C(=O)c3ccc(C(=O)O)cc3)cc1)CC2.Cl. The van der Waals surface area contributed by atoms with Crippen molar-refractivity contribution in [3.8, 4) is 0 Å². The maximum Gasteiger partial charge on any atom is 0.335 e. The van der Waals surface area contributed by atoms with Gasteiger partial charge in [-0.05, 0) is 55.7 Å². The Bertz CT molecular complexity index is 1320. The van der Waals surface area contributed by atoms with Crippen molar-refractivity contribution in [2.24, 2.45) is 5.92 Å². The van der Waals surface area contributed by atoms with Gasteiger partial charge in [0, 0.05) is 37.3 Å². The Balaban J connectivity index is 0.00000442. The molecule has 2 aromatic carbocycles. The summed E-state index contributed by atoms with van der Waals surface area (Å²) in [6.07, 6.45) is 6.99. The van der Waals surface area contributed by atoms with E-state index >= 15 is 0 Å². The summed E-state index contributed by atoms with van der Waals surface area (Å²) in [6.45, 7) is 4.55. The number of ketones is 1. The molecule has 1 spiro atoms. The average molecular weight is 626 g/mol. The summed E-state index contributed by atoms with van der Waals surface area (Å²) in [5.41, 5.74) is 1.24. The molecule has 9 nitrogen and oxygen atoms in total. The molecule has 0 unspecified atom stereocenters. The number of piperazine rings is 1. The first-order chi connectivity index (χ1) is 20.7. The Labute approximate surface area is 265 Å². The largest absolute Gasteiger partial charge is 0.478 e. The van der Waals surface area contributed by atoms with Crippen LogP contribution in [0.1, 0.15) is 96.6 Å². The number of amides is 2. The number of hydrogen-bond acceptors (Lipinski definition) is 6.